The van der Waals surface area contributed by atoms with Gasteiger partial charge in [0.1, 0.15) is 5.82 Å². The minimum absolute atomic E-state index is 0.180. The molecule has 34 heavy (non-hydrogen) atoms. The average Bonchev–Trinajstić information content (AvgIpc) is 3.27. The summed E-state index contributed by atoms with van der Waals surface area (Å²) in [5, 5.41) is 5.50. The van der Waals surface area contributed by atoms with Crippen molar-refractivity contribution < 1.29 is 14.3 Å². The Bertz CT molecular complexity index is 999. The number of nitrogens with one attached hydrogen (secondary N) is 1. The van der Waals surface area contributed by atoms with Crippen LogP contribution in [-0.2, 0) is 22.4 Å². The Hall–Kier alpha value is -2.81. The number of rotatable bonds is 11. The molecule has 1 N–H and O–H groups in total. The van der Waals surface area contributed by atoms with Gasteiger partial charge in [0, 0.05) is 24.4 Å². The first kappa shape index (κ1) is 24.3. The Kier molecular flexibility index (Phi) is 8.62. The first-order valence-electron chi connectivity index (χ1n) is 12.1. The smallest absolute Gasteiger partial charge is 0.316 e. The molecule has 0 fully saturated rings. The molecule has 8 nitrogen and oxygen atoms in total. The molecule has 2 aromatic rings. The molecule has 0 spiro atoms. The van der Waals surface area contributed by atoms with Crippen molar-refractivity contribution in [3.05, 3.63) is 46.9 Å². The van der Waals surface area contributed by atoms with Gasteiger partial charge in [0.05, 0.1) is 25.2 Å². The van der Waals surface area contributed by atoms with Gasteiger partial charge in [-0.15, -0.1) is 0 Å². The highest BCUT2D eigenvalue weighted by Gasteiger charge is 2.31. The van der Waals surface area contributed by atoms with Crippen LogP contribution >= 0.6 is 11.8 Å². The maximum atomic E-state index is 12.3. The number of aromatic nitrogens is 3. The Morgan fingerprint density at radius 1 is 1.21 bits per heavy atom. The van der Waals surface area contributed by atoms with E-state index in [1.807, 2.05) is 4.90 Å². The van der Waals surface area contributed by atoms with Crippen LogP contribution in [-0.4, -0.2) is 40.1 Å². The van der Waals surface area contributed by atoms with E-state index in [1.165, 1.54) is 30.9 Å². The van der Waals surface area contributed by atoms with Gasteiger partial charge in [0.15, 0.2) is 0 Å². The standard InChI is InChI=1S/C25H33N5O3S/c1-3-4-11-22(31)33-25-30(21-15-27-24(32-2)28-16-21)20(17-34-25)10-6-5-9-19-13-12-18-8-7-14-26-23(18)29-19/h12-13,15-17,25H,3-11,14H2,1-2H3,(H,26,29). The van der Waals surface area contributed by atoms with Crippen LogP contribution in [0.4, 0.5) is 11.5 Å². The Balaban J connectivity index is 1.36. The predicted molar refractivity (Wildman–Crippen MR) is 135 cm³/mol. The fraction of sp³-hybridized carbons (Fsp3) is 0.520. The van der Waals surface area contributed by atoms with Gasteiger partial charge in [-0.2, -0.15) is 0 Å². The van der Waals surface area contributed by atoms with Crippen molar-refractivity contribution in [3.63, 3.8) is 0 Å². The Morgan fingerprint density at radius 3 is 2.82 bits per heavy atom. The molecule has 0 saturated carbocycles. The molecule has 0 aromatic carbocycles. The van der Waals surface area contributed by atoms with Crippen molar-refractivity contribution >= 4 is 29.2 Å². The number of esters is 1. The number of hydrogen-bond acceptors (Lipinski definition) is 9. The minimum atomic E-state index is -0.440. The summed E-state index contributed by atoms with van der Waals surface area (Å²) in [6.07, 6.45) is 11.8. The highest BCUT2D eigenvalue weighted by Crippen LogP contribution is 2.38. The van der Waals surface area contributed by atoms with Crippen LogP contribution < -0.4 is 15.0 Å². The zero-order valence-electron chi connectivity index (χ0n) is 20.0. The second kappa shape index (κ2) is 12.1. The largest absolute Gasteiger partial charge is 0.467 e. The summed E-state index contributed by atoms with van der Waals surface area (Å²) in [5.41, 5.74) is 3.90. The number of anilines is 2. The minimum Gasteiger partial charge on any atom is -0.467 e. The third kappa shape index (κ3) is 6.20. The molecule has 0 bridgehead atoms. The second-order valence-corrected chi connectivity index (χ2v) is 9.40. The first-order valence-corrected chi connectivity index (χ1v) is 13.0. The zero-order valence-corrected chi connectivity index (χ0v) is 20.8. The summed E-state index contributed by atoms with van der Waals surface area (Å²) in [5.74, 6) is 0.873. The highest BCUT2D eigenvalue weighted by atomic mass is 32.2. The summed E-state index contributed by atoms with van der Waals surface area (Å²) < 4.78 is 10.9. The molecule has 182 valence electrons. The van der Waals surface area contributed by atoms with Crippen molar-refractivity contribution in [2.24, 2.45) is 0 Å². The molecule has 2 aliphatic rings. The van der Waals surface area contributed by atoms with Gasteiger partial charge >= 0.3 is 12.0 Å². The van der Waals surface area contributed by atoms with Gasteiger partial charge in [0.2, 0.25) is 5.56 Å². The molecule has 4 heterocycles. The maximum Gasteiger partial charge on any atom is 0.316 e. The van der Waals surface area contributed by atoms with Crippen molar-refractivity contribution in [2.75, 3.05) is 23.9 Å². The van der Waals surface area contributed by atoms with Gasteiger partial charge in [-0.25, -0.2) is 15.0 Å². The topological polar surface area (TPSA) is 89.5 Å². The number of methoxy groups -OCH3 is 1. The number of nitrogens with zero attached hydrogens (tertiary/aromatic N) is 4. The van der Waals surface area contributed by atoms with Crippen molar-refractivity contribution in [2.45, 2.75) is 70.3 Å². The third-order valence-electron chi connectivity index (χ3n) is 5.95. The number of aryl methyl sites for hydroxylation is 2. The molecule has 1 unspecified atom stereocenters. The molecule has 1 atom stereocenters. The summed E-state index contributed by atoms with van der Waals surface area (Å²) in [6, 6.07) is 4.68. The Labute approximate surface area is 205 Å². The molecule has 2 aromatic heterocycles. The molecule has 4 rings (SSSR count). The number of allylic oxidation sites excluding steroid dienone is 1. The molecule has 0 radical (unpaired) electrons. The van der Waals surface area contributed by atoms with E-state index in [0.29, 0.717) is 12.4 Å². The molecular formula is C25H33N5O3S. The van der Waals surface area contributed by atoms with E-state index < -0.39 is 5.56 Å². The van der Waals surface area contributed by atoms with Crippen LogP contribution in [0.3, 0.4) is 0 Å². The number of carbonyl (C=O) groups excluding carboxylic acids is 1. The summed E-state index contributed by atoms with van der Waals surface area (Å²) in [6.45, 7) is 3.07. The number of fused-ring (bicyclic) bond motifs is 1. The molecule has 2 aliphatic heterocycles. The first-order chi connectivity index (χ1) is 16.7. The number of thioether (sulfide) groups is 1. The van der Waals surface area contributed by atoms with E-state index >= 15 is 0 Å². The lowest BCUT2D eigenvalue weighted by atomic mass is 10.1. The van der Waals surface area contributed by atoms with E-state index in [4.69, 9.17) is 14.5 Å². The van der Waals surface area contributed by atoms with Crippen LogP contribution in [0.25, 0.3) is 0 Å². The van der Waals surface area contributed by atoms with Gasteiger partial charge in [0.25, 0.3) is 0 Å². The lowest BCUT2D eigenvalue weighted by molar-refractivity contribution is -0.145. The molecule has 0 saturated heterocycles. The fourth-order valence-corrected chi connectivity index (χ4v) is 5.14. The number of hydrogen-bond donors (Lipinski definition) is 1. The predicted octanol–water partition coefficient (Wildman–Crippen LogP) is 5.06. The lowest BCUT2D eigenvalue weighted by Crippen LogP contribution is -2.32. The SMILES string of the molecule is CCCCC(=O)OC1SC=C(CCCCc2ccc3c(n2)NCCC3)N1c1cnc(OC)nc1. The van der Waals surface area contributed by atoms with Crippen LogP contribution in [0.5, 0.6) is 6.01 Å². The molecular weight excluding hydrogens is 450 g/mol. The average molecular weight is 484 g/mol. The molecule has 9 heteroatoms. The number of carbonyl (C=O) groups is 1. The maximum absolute atomic E-state index is 12.3. The quantitative estimate of drug-likeness (QED) is 0.348. The van der Waals surface area contributed by atoms with Gasteiger partial charge in [-0.05, 0) is 62.0 Å². The van der Waals surface area contributed by atoms with E-state index in [9.17, 15) is 4.79 Å². The van der Waals surface area contributed by atoms with Crippen LogP contribution in [0.15, 0.2) is 35.6 Å². The molecule has 0 aliphatic carbocycles. The van der Waals surface area contributed by atoms with Gasteiger partial charge < -0.3 is 14.8 Å². The molecule has 0 amide bonds. The van der Waals surface area contributed by atoms with Crippen molar-refractivity contribution in [1.29, 1.82) is 0 Å². The number of pyridine rings is 1. The highest BCUT2D eigenvalue weighted by molar-refractivity contribution is 8.03. The summed E-state index contributed by atoms with van der Waals surface area (Å²) in [4.78, 5) is 27.6. The van der Waals surface area contributed by atoms with E-state index in [0.717, 1.165) is 74.4 Å². The van der Waals surface area contributed by atoms with Crippen LogP contribution in [0.1, 0.15) is 63.1 Å². The van der Waals surface area contributed by atoms with Gasteiger partial charge in [-0.1, -0.05) is 31.2 Å². The number of ether oxygens (including phenoxy) is 2. The Morgan fingerprint density at radius 2 is 2.03 bits per heavy atom. The normalized spacial score (nSPS) is 17.1. The van der Waals surface area contributed by atoms with E-state index in [2.05, 4.69) is 39.7 Å². The zero-order chi connectivity index (χ0) is 23.8. The van der Waals surface area contributed by atoms with Crippen molar-refractivity contribution in [3.8, 4) is 6.01 Å². The second-order valence-electron chi connectivity index (χ2n) is 8.49. The fourth-order valence-electron chi connectivity index (χ4n) is 4.09. The lowest BCUT2D eigenvalue weighted by Gasteiger charge is -2.28. The van der Waals surface area contributed by atoms with Gasteiger partial charge in [-0.3, -0.25) is 9.69 Å². The summed E-state index contributed by atoms with van der Waals surface area (Å²) >= 11 is 1.51. The van der Waals surface area contributed by atoms with Crippen LogP contribution in [0.2, 0.25) is 0 Å². The van der Waals surface area contributed by atoms with Crippen LogP contribution in [0, 0.1) is 0 Å². The monoisotopic (exact) mass is 483 g/mol. The third-order valence-corrected chi connectivity index (χ3v) is 6.90. The van der Waals surface area contributed by atoms with E-state index in [1.54, 1.807) is 12.4 Å². The summed E-state index contributed by atoms with van der Waals surface area (Å²) in [7, 11) is 1.54. The van der Waals surface area contributed by atoms with Crippen molar-refractivity contribution in [1.82, 2.24) is 15.0 Å². The number of unbranched alkanes of at least 4 members (excludes halogenated alkanes) is 2. The van der Waals surface area contributed by atoms with E-state index in [-0.39, 0.29) is 5.97 Å².